The Bertz CT molecular complexity index is 201. The van der Waals surface area contributed by atoms with Gasteiger partial charge in [-0.25, -0.2) is 0 Å². The van der Waals surface area contributed by atoms with E-state index in [4.69, 9.17) is 0 Å². The molecule has 2 saturated carbocycles. The van der Waals surface area contributed by atoms with Crippen LogP contribution in [0.4, 0.5) is 0 Å². The van der Waals surface area contributed by atoms with E-state index in [1.165, 1.54) is 0 Å². The molecule has 1 nitrogen and oxygen atoms in total. The molecule has 0 spiro atoms. The van der Waals surface area contributed by atoms with Gasteiger partial charge in [0.1, 0.15) is 5.78 Å². The van der Waals surface area contributed by atoms with E-state index in [0.29, 0.717) is 17.6 Å². The highest BCUT2D eigenvalue weighted by molar-refractivity contribution is 9.25. The molecule has 0 aromatic heterocycles. The zero-order valence-electron chi connectivity index (χ0n) is 4.98. The lowest BCUT2D eigenvalue weighted by atomic mass is 10.2. The van der Waals surface area contributed by atoms with Crippen molar-refractivity contribution in [3.8, 4) is 0 Å². The van der Waals surface area contributed by atoms with E-state index < -0.39 is 0 Å². The molecule has 0 radical (unpaired) electrons. The highest BCUT2D eigenvalue weighted by Crippen LogP contribution is 2.69. The summed E-state index contributed by atoms with van der Waals surface area (Å²) < 4.78 is 0.0715. The Hall–Kier alpha value is 1.11. The SMILES string of the molecule is O=C1CC2C(C1Br)C2(Br)Br. The first-order valence-electron chi connectivity index (χ1n) is 3.09. The number of ketones is 1. The van der Waals surface area contributed by atoms with Gasteiger partial charge < -0.3 is 0 Å². The van der Waals surface area contributed by atoms with E-state index in [9.17, 15) is 4.79 Å². The number of hydrogen-bond donors (Lipinski definition) is 0. The van der Waals surface area contributed by atoms with E-state index in [0.717, 1.165) is 6.42 Å². The Morgan fingerprint density at radius 2 is 2.10 bits per heavy atom. The Balaban J connectivity index is 2.21. The predicted octanol–water partition coefficient (Wildman–Crippen LogP) is 2.45. The van der Waals surface area contributed by atoms with Crippen molar-refractivity contribution >= 4 is 53.6 Å². The van der Waals surface area contributed by atoms with Crippen LogP contribution >= 0.6 is 47.8 Å². The van der Waals surface area contributed by atoms with Crippen LogP contribution in [0.5, 0.6) is 0 Å². The lowest BCUT2D eigenvalue weighted by Crippen LogP contribution is -2.16. The summed E-state index contributed by atoms with van der Waals surface area (Å²) in [6, 6.07) is 0. The fourth-order valence-corrected chi connectivity index (χ4v) is 5.09. The van der Waals surface area contributed by atoms with Crippen LogP contribution < -0.4 is 0 Å². The molecule has 56 valence electrons. The van der Waals surface area contributed by atoms with E-state index in [1.54, 1.807) is 0 Å². The van der Waals surface area contributed by atoms with Gasteiger partial charge in [-0.15, -0.1) is 0 Å². The van der Waals surface area contributed by atoms with Crippen molar-refractivity contribution in [3.63, 3.8) is 0 Å². The Morgan fingerprint density at radius 1 is 1.50 bits per heavy atom. The van der Waals surface area contributed by atoms with Crippen molar-refractivity contribution in [1.29, 1.82) is 0 Å². The molecule has 3 unspecified atom stereocenters. The summed E-state index contributed by atoms with van der Waals surface area (Å²) in [7, 11) is 0. The van der Waals surface area contributed by atoms with Gasteiger partial charge in [0.15, 0.2) is 0 Å². The average Bonchev–Trinajstić information content (AvgIpc) is 2.12. The maximum Gasteiger partial charge on any atom is 0.147 e. The summed E-state index contributed by atoms with van der Waals surface area (Å²) in [5.74, 6) is 1.34. The molecule has 0 heterocycles. The van der Waals surface area contributed by atoms with Crippen molar-refractivity contribution in [3.05, 3.63) is 0 Å². The average molecular weight is 333 g/mol. The van der Waals surface area contributed by atoms with Crippen LogP contribution in [0.2, 0.25) is 0 Å². The van der Waals surface area contributed by atoms with E-state index in [-0.39, 0.29) is 8.06 Å². The first-order valence-corrected chi connectivity index (χ1v) is 5.60. The number of halogens is 3. The van der Waals surface area contributed by atoms with Crippen molar-refractivity contribution in [2.45, 2.75) is 14.5 Å². The molecule has 2 aliphatic rings. The summed E-state index contributed by atoms with van der Waals surface area (Å²) in [6.45, 7) is 0. The number of carbonyl (C=O) groups excluding carboxylic acids is 1. The first kappa shape index (κ1) is 7.74. The van der Waals surface area contributed by atoms with E-state index >= 15 is 0 Å². The molecule has 4 heteroatoms. The summed E-state index contributed by atoms with van der Waals surface area (Å²) in [5, 5.41) is 0. The van der Waals surface area contributed by atoms with Crippen LogP contribution in [0, 0.1) is 11.8 Å². The van der Waals surface area contributed by atoms with Gasteiger partial charge in [-0.05, 0) is 5.92 Å². The van der Waals surface area contributed by atoms with E-state index in [1.807, 2.05) is 0 Å². The number of hydrogen-bond acceptors (Lipinski definition) is 1. The van der Waals surface area contributed by atoms with Crippen LogP contribution in [-0.4, -0.2) is 13.8 Å². The molecule has 2 rings (SSSR count). The molecule has 0 N–H and O–H groups in total. The fourth-order valence-electron chi connectivity index (χ4n) is 1.61. The number of rotatable bonds is 0. The minimum atomic E-state index is 0.0715. The minimum absolute atomic E-state index is 0.0715. The van der Waals surface area contributed by atoms with Gasteiger partial charge in [-0.2, -0.15) is 0 Å². The van der Waals surface area contributed by atoms with Crippen molar-refractivity contribution in [1.82, 2.24) is 0 Å². The molecule has 3 atom stereocenters. The van der Waals surface area contributed by atoms with Crippen LogP contribution in [0.25, 0.3) is 0 Å². The van der Waals surface area contributed by atoms with Crippen LogP contribution in [-0.2, 0) is 4.79 Å². The predicted molar refractivity (Wildman–Crippen MR) is 49.9 cm³/mol. The molecule has 2 aliphatic carbocycles. The zero-order chi connectivity index (χ0) is 7.52. The van der Waals surface area contributed by atoms with Gasteiger partial charge >= 0.3 is 0 Å². The lowest BCUT2D eigenvalue weighted by Gasteiger charge is -2.06. The number of alkyl halides is 3. The second-order valence-corrected chi connectivity index (χ2v) is 7.55. The second-order valence-electron chi connectivity index (χ2n) is 2.88. The maximum absolute atomic E-state index is 11.0. The van der Waals surface area contributed by atoms with Gasteiger partial charge in [0.25, 0.3) is 0 Å². The van der Waals surface area contributed by atoms with E-state index in [2.05, 4.69) is 47.8 Å². The quantitative estimate of drug-likeness (QED) is 0.623. The third-order valence-electron chi connectivity index (χ3n) is 2.31. The summed E-state index contributed by atoms with van der Waals surface area (Å²) in [6.07, 6.45) is 0.719. The van der Waals surface area contributed by atoms with Crippen LogP contribution in [0.1, 0.15) is 6.42 Å². The number of fused-ring (bicyclic) bond motifs is 1. The molecule has 2 fully saturated rings. The monoisotopic (exact) mass is 330 g/mol. The summed E-state index contributed by atoms with van der Waals surface area (Å²) in [5.41, 5.74) is 0. The van der Waals surface area contributed by atoms with Gasteiger partial charge in [-0.3, -0.25) is 4.79 Å². The standard InChI is InChI=1S/C6H5Br3O/c7-5-3(10)1-2-4(5)6(2,8)9/h2,4-5H,1H2. The van der Waals surface area contributed by atoms with Gasteiger partial charge in [0, 0.05) is 12.3 Å². The largest absolute Gasteiger partial charge is 0.298 e. The van der Waals surface area contributed by atoms with Gasteiger partial charge in [0.05, 0.1) is 8.06 Å². The minimum Gasteiger partial charge on any atom is -0.298 e. The van der Waals surface area contributed by atoms with Crippen molar-refractivity contribution in [2.24, 2.45) is 11.8 Å². The van der Waals surface area contributed by atoms with Crippen LogP contribution in [0.3, 0.4) is 0 Å². The third kappa shape index (κ3) is 0.815. The molecule has 0 saturated heterocycles. The second kappa shape index (κ2) is 2.07. The topological polar surface area (TPSA) is 17.1 Å². The first-order chi connectivity index (χ1) is 4.55. The summed E-state index contributed by atoms with van der Waals surface area (Å²) in [4.78, 5) is 11.1. The zero-order valence-corrected chi connectivity index (χ0v) is 9.74. The van der Waals surface area contributed by atoms with Gasteiger partial charge in [-0.1, -0.05) is 47.8 Å². The van der Waals surface area contributed by atoms with Crippen LogP contribution in [0.15, 0.2) is 0 Å². The normalized spacial score (nSPS) is 49.1. The highest BCUT2D eigenvalue weighted by Gasteiger charge is 2.70. The highest BCUT2D eigenvalue weighted by atomic mass is 79.9. The lowest BCUT2D eigenvalue weighted by molar-refractivity contribution is -0.117. The van der Waals surface area contributed by atoms with Crippen molar-refractivity contribution in [2.75, 3.05) is 0 Å². The third-order valence-corrected chi connectivity index (χ3v) is 5.62. The Kier molecular flexibility index (Phi) is 1.61. The smallest absolute Gasteiger partial charge is 0.147 e. The fraction of sp³-hybridized carbons (Fsp3) is 0.833. The van der Waals surface area contributed by atoms with Gasteiger partial charge in [0.2, 0.25) is 0 Å². The van der Waals surface area contributed by atoms with Crippen molar-refractivity contribution < 1.29 is 4.79 Å². The summed E-state index contributed by atoms with van der Waals surface area (Å²) >= 11 is 10.4. The maximum atomic E-state index is 11.0. The molecule has 10 heavy (non-hydrogen) atoms. The molecular formula is C6H5Br3O. The number of carbonyl (C=O) groups is 1. The molecular weight excluding hydrogens is 328 g/mol. The molecule has 0 amide bonds. The molecule has 0 aromatic carbocycles. The number of Topliss-reactive ketones (excluding diaryl/α,β-unsaturated/α-hetero) is 1. The molecule has 0 aliphatic heterocycles. The Labute approximate surface area is 84.3 Å². The molecule has 0 bridgehead atoms. The molecule has 0 aromatic rings. The Morgan fingerprint density at radius 3 is 2.40 bits per heavy atom.